The highest BCUT2D eigenvalue weighted by Crippen LogP contribution is 2.38. The average Bonchev–Trinajstić information content (AvgIpc) is 3.00. The molecule has 2 aromatic carbocycles. The minimum absolute atomic E-state index is 0.00118. The number of Topliss-reactive ketones (excluding diaryl/α,β-unsaturated/α-hetero) is 1. The Hall–Kier alpha value is -2.66. The lowest BCUT2D eigenvalue weighted by Crippen LogP contribution is -2.29. The Bertz CT molecular complexity index is 953. The van der Waals surface area contributed by atoms with Crippen LogP contribution in [-0.2, 0) is 0 Å². The quantitative estimate of drug-likeness (QED) is 0.847. The van der Waals surface area contributed by atoms with Crippen molar-refractivity contribution in [2.45, 2.75) is 12.3 Å². The lowest BCUT2D eigenvalue weighted by atomic mass is 9.86. The van der Waals surface area contributed by atoms with E-state index in [0.717, 1.165) is 41.9 Å². The number of likely N-dealkylation sites (N-methyl/N-ethyl adjacent to an activating group) is 1. The highest BCUT2D eigenvalue weighted by molar-refractivity contribution is 6.01. The van der Waals surface area contributed by atoms with E-state index in [4.69, 9.17) is 4.74 Å². The van der Waals surface area contributed by atoms with Gasteiger partial charge in [0.1, 0.15) is 5.75 Å². The largest absolute Gasteiger partial charge is 0.492 e. The van der Waals surface area contributed by atoms with Gasteiger partial charge in [0.2, 0.25) is 0 Å². The number of carbonyl (C=O) groups excluding carboxylic acids is 2. The van der Waals surface area contributed by atoms with Crippen LogP contribution >= 0.6 is 0 Å². The fourth-order valence-electron chi connectivity index (χ4n) is 4.66. The Morgan fingerprint density at radius 2 is 1.81 bits per heavy atom. The van der Waals surface area contributed by atoms with Crippen LogP contribution in [0.25, 0.3) is 11.1 Å². The number of nitrogens with one attached hydrogen (secondary N) is 1. The Kier molecular flexibility index (Phi) is 3.79. The average molecular weight is 362 g/mol. The van der Waals surface area contributed by atoms with Gasteiger partial charge in [-0.25, -0.2) is 0 Å². The summed E-state index contributed by atoms with van der Waals surface area (Å²) in [6, 6.07) is 11.8. The number of ketones is 1. The molecule has 2 aromatic rings. The van der Waals surface area contributed by atoms with Gasteiger partial charge in [-0.1, -0.05) is 18.2 Å². The van der Waals surface area contributed by atoms with Gasteiger partial charge >= 0.3 is 0 Å². The summed E-state index contributed by atoms with van der Waals surface area (Å²) in [5, 5.41) is 3.09. The predicted molar refractivity (Wildman–Crippen MR) is 102 cm³/mol. The molecule has 0 aliphatic carbocycles. The zero-order chi connectivity index (χ0) is 18.5. The summed E-state index contributed by atoms with van der Waals surface area (Å²) in [5.74, 6) is 1.61. The van der Waals surface area contributed by atoms with E-state index in [0.29, 0.717) is 36.2 Å². The second kappa shape index (κ2) is 6.20. The zero-order valence-corrected chi connectivity index (χ0v) is 15.3. The number of carbonyl (C=O) groups is 2. The molecule has 3 heterocycles. The zero-order valence-electron chi connectivity index (χ0n) is 15.3. The van der Waals surface area contributed by atoms with E-state index in [2.05, 4.69) is 29.4 Å². The summed E-state index contributed by atoms with van der Waals surface area (Å²) in [4.78, 5) is 27.2. The number of hydrogen-bond acceptors (Lipinski definition) is 4. The van der Waals surface area contributed by atoms with Crippen molar-refractivity contribution in [2.24, 2.45) is 5.92 Å². The minimum Gasteiger partial charge on any atom is -0.492 e. The third-order valence-corrected chi connectivity index (χ3v) is 6.05. The molecule has 0 spiro atoms. The van der Waals surface area contributed by atoms with Gasteiger partial charge < -0.3 is 15.0 Å². The second-order valence-corrected chi connectivity index (χ2v) is 7.83. The van der Waals surface area contributed by atoms with Crippen molar-refractivity contribution >= 4 is 11.7 Å². The van der Waals surface area contributed by atoms with Crippen molar-refractivity contribution in [1.29, 1.82) is 0 Å². The maximum absolute atomic E-state index is 12.7. The number of benzene rings is 2. The Morgan fingerprint density at radius 3 is 2.67 bits per heavy atom. The molecular weight excluding hydrogens is 340 g/mol. The number of likely N-dealkylation sites (tertiary alicyclic amines) is 1. The molecular formula is C22H22N2O3. The van der Waals surface area contributed by atoms with Gasteiger partial charge in [0.25, 0.3) is 5.91 Å². The molecule has 3 aliphatic rings. The first-order chi connectivity index (χ1) is 13.1. The molecule has 0 unspecified atom stereocenters. The second-order valence-electron chi connectivity index (χ2n) is 7.83. The van der Waals surface area contributed by atoms with Gasteiger partial charge in [-0.15, -0.1) is 0 Å². The summed E-state index contributed by atoms with van der Waals surface area (Å²) in [6.07, 6.45) is 0.416. The lowest BCUT2D eigenvalue weighted by Gasteiger charge is -2.18. The number of ether oxygens (including phenoxy) is 1. The van der Waals surface area contributed by atoms with E-state index < -0.39 is 0 Å². The van der Waals surface area contributed by atoms with Gasteiger partial charge in [-0.3, -0.25) is 9.59 Å². The molecule has 1 saturated heterocycles. The van der Waals surface area contributed by atoms with Crippen LogP contribution in [0.2, 0.25) is 0 Å². The number of fused-ring (bicyclic) bond motifs is 4. The van der Waals surface area contributed by atoms with Crippen LogP contribution in [0.15, 0.2) is 36.4 Å². The van der Waals surface area contributed by atoms with Crippen molar-refractivity contribution in [1.82, 2.24) is 10.2 Å². The molecule has 5 heteroatoms. The van der Waals surface area contributed by atoms with Crippen LogP contribution in [0, 0.1) is 5.92 Å². The Labute approximate surface area is 158 Å². The molecule has 0 aromatic heterocycles. The number of rotatable bonds is 1. The Balaban J connectivity index is 1.57. The summed E-state index contributed by atoms with van der Waals surface area (Å²) in [5.41, 5.74) is 4.43. The lowest BCUT2D eigenvalue weighted by molar-refractivity contribution is 0.0930. The third kappa shape index (κ3) is 2.73. The minimum atomic E-state index is 0.00118. The first-order valence-electron chi connectivity index (χ1n) is 9.51. The van der Waals surface area contributed by atoms with E-state index >= 15 is 0 Å². The first-order valence-corrected chi connectivity index (χ1v) is 9.51. The summed E-state index contributed by atoms with van der Waals surface area (Å²) in [6.45, 7) is 3.17. The summed E-state index contributed by atoms with van der Waals surface area (Å²) in [7, 11) is 2.14. The van der Waals surface area contributed by atoms with Crippen molar-refractivity contribution < 1.29 is 14.3 Å². The fraction of sp³-hybridized carbons (Fsp3) is 0.364. The molecule has 27 heavy (non-hydrogen) atoms. The third-order valence-electron chi connectivity index (χ3n) is 6.05. The van der Waals surface area contributed by atoms with Crippen LogP contribution in [0.1, 0.15) is 38.6 Å². The molecule has 1 N–H and O–H groups in total. The molecule has 5 rings (SSSR count). The van der Waals surface area contributed by atoms with Crippen molar-refractivity contribution in [3.63, 3.8) is 0 Å². The number of amides is 1. The summed E-state index contributed by atoms with van der Waals surface area (Å²) < 4.78 is 5.58. The fourth-order valence-corrected chi connectivity index (χ4v) is 4.66. The van der Waals surface area contributed by atoms with Gasteiger partial charge in [0, 0.05) is 37.5 Å². The maximum Gasteiger partial charge on any atom is 0.251 e. The molecule has 1 amide bonds. The molecule has 138 valence electrons. The molecule has 0 radical (unpaired) electrons. The monoisotopic (exact) mass is 362 g/mol. The molecule has 0 bridgehead atoms. The van der Waals surface area contributed by atoms with Crippen molar-refractivity contribution in [3.05, 3.63) is 53.1 Å². The SMILES string of the molecule is CN1C[C@H]2CNC(=O)c3cc(-c4ccc5c(c4)C(=O)CCO5)ccc3[C@@H]2C1. The molecule has 5 nitrogen and oxygen atoms in total. The number of hydrogen-bond donors (Lipinski definition) is 1. The van der Waals surface area contributed by atoms with Crippen LogP contribution in [0.5, 0.6) is 5.75 Å². The van der Waals surface area contributed by atoms with E-state index in [9.17, 15) is 9.59 Å². The van der Waals surface area contributed by atoms with Crippen molar-refractivity contribution in [3.8, 4) is 16.9 Å². The molecule has 0 saturated carbocycles. The smallest absolute Gasteiger partial charge is 0.251 e. The Morgan fingerprint density at radius 1 is 1.04 bits per heavy atom. The van der Waals surface area contributed by atoms with Crippen LogP contribution in [-0.4, -0.2) is 49.9 Å². The normalized spacial score (nSPS) is 24.3. The van der Waals surface area contributed by atoms with Gasteiger partial charge in [-0.2, -0.15) is 0 Å². The van der Waals surface area contributed by atoms with E-state index in [-0.39, 0.29) is 11.7 Å². The molecule has 1 fully saturated rings. The van der Waals surface area contributed by atoms with Crippen LogP contribution < -0.4 is 10.1 Å². The van der Waals surface area contributed by atoms with E-state index in [1.807, 2.05) is 24.3 Å². The van der Waals surface area contributed by atoms with E-state index in [1.165, 1.54) is 0 Å². The molecule has 2 atom stereocenters. The van der Waals surface area contributed by atoms with Crippen molar-refractivity contribution in [2.75, 3.05) is 33.3 Å². The molecule has 3 aliphatic heterocycles. The van der Waals surface area contributed by atoms with Crippen LogP contribution in [0.4, 0.5) is 0 Å². The van der Waals surface area contributed by atoms with Gasteiger partial charge in [-0.05, 0) is 47.9 Å². The van der Waals surface area contributed by atoms with Gasteiger partial charge in [0.05, 0.1) is 12.2 Å². The summed E-state index contributed by atoms with van der Waals surface area (Å²) >= 11 is 0. The topological polar surface area (TPSA) is 58.6 Å². The van der Waals surface area contributed by atoms with Crippen LogP contribution in [0.3, 0.4) is 0 Å². The van der Waals surface area contributed by atoms with E-state index in [1.54, 1.807) is 0 Å². The number of nitrogens with zero attached hydrogens (tertiary/aromatic N) is 1. The maximum atomic E-state index is 12.7. The first kappa shape index (κ1) is 16.5. The highest BCUT2D eigenvalue weighted by Gasteiger charge is 2.36. The standard InChI is InChI=1S/C22H22N2O3/c1-24-11-15-10-23-22(26)17-8-13(2-4-16(17)19(15)12-24)14-3-5-21-18(9-14)20(25)6-7-27-21/h2-5,8-9,15,19H,6-7,10-12H2,1H3,(H,23,26)/t15-,19-/m1/s1. The van der Waals surface area contributed by atoms with Gasteiger partial charge in [0.15, 0.2) is 5.78 Å². The predicted octanol–water partition coefficient (Wildman–Crippen LogP) is 2.71. The highest BCUT2D eigenvalue weighted by atomic mass is 16.5.